The number of amides is 1. The van der Waals surface area contributed by atoms with Crippen LogP contribution in [0, 0.1) is 5.92 Å². The van der Waals surface area contributed by atoms with Crippen molar-refractivity contribution in [3.8, 4) is 0 Å². The van der Waals surface area contributed by atoms with Crippen LogP contribution < -0.4 is 0 Å². The molecule has 1 aliphatic heterocycles. The lowest BCUT2D eigenvalue weighted by molar-refractivity contribution is -0.163. The van der Waals surface area contributed by atoms with Gasteiger partial charge in [0.25, 0.3) is 0 Å². The van der Waals surface area contributed by atoms with Crippen LogP contribution in [0.4, 0.5) is 0 Å². The molecule has 0 aliphatic carbocycles. The highest BCUT2D eigenvalue weighted by Gasteiger charge is 2.35. The topological polar surface area (TPSA) is 66.8 Å². The van der Waals surface area contributed by atoms with E-state index in [-0.39, 0.29) is 12.5 Å². The quantitative estimate of drug-likeness (QED) is 0.735. The molecule has 5 nitrogen and oxygen atoms in total. The first-order valence-electron chi connectivity index (χ1n) is 5.95. The molecular formula is C12H21NO4. The fourth-order valence-corrected chi connectivity index (χ4v) is 2.00. The molecule has 2 atom stereocenters. The van der Waals surface area contributed by atoms with Crippen LogP contribution >= 0.6 is 0 Å². The lowest BCUT2D eigenvalue weighted by Gasteiger charge is -2.28. The van der Waals surface area contributed by atoms with E-state index >= 15 is 0 Å². The average molecular weight is 243 g/mol. The molecule has 2 unspecified atom stereocenters. The fraction of sp³-hybridized carbons (Fsp3) is 0.833. The van der Waals surface area contributed by atoms with Crippen molar-refractivity contribution >= 4 is 11.9 Å². The third-order valence-electron chi connectivity index (χ3n) is 3.22. The van der Waals surface area contributed by atoms with Gasteiger partial charge in [-0.15, -0.1) is 0 Å². The summed E-state index contributed by atoms with van der Waals surface area (Å²) in [7, 11) is 1.23. The zero-order valence-corrected chi connectivity index (χ0v) is 10.7. The largest absolute Gasteiger partial charge is 0.467 e. The fourth-order valence-electron chi connectivity index (χ4n) is 2.00. The van der Waals surface area contributed by atoms with Crippen LogP contribution in [-0.4, -0.2) is 47.7 Å². The summed E-state index contributed by atoms with van der Waals surface area (Å²) in [6.45, 7) is 4.08. The second-order valence-electron chi connectivity index (χ2n) is 5.01. The Morgan fingerprint density at radius 1 is 1.59 bits per heavy atom. The van der Waals surface area contributed by atoms with Crippen molar-refractivity contribution in [1.82, 2.24) is 4.90 Å². The van der Waals surface area contributed by atoms with Gasteiger partial charge in [-0.05, 0) is 25.7 Å². The van der Waals surface area contributed by atoms with E-state index in [1.165, 1.54) is 14.0 Å². The molecule has 0 saturated carbocycles. The minimum Gasteiger partial charge on any atom is -0.467 e. The second-order valence-corrected chi connectivity index (χ2v) is 5.01. The number of hydrogen-bond acceptors (Lipinski definition) is 4. The molecule has 17 heavy (non-hydrogen) atoms. The van der Waals surface area contributed by atoms with E-state index in [4.69, 9.17) is 0 Å². The van der Waals surface area contributed by atoms with Crippen LogP contribution in [0.15, 0.2) is 0 Å². The van der Waals surface area contributed by atoms with E-state index in [1.54, 1.807) is 4.90 Å². The van der Waals surface area contributed by atoms with Crippen LogP contribution in [0.1, 0.15) is 33.1 Å². The Bertz CT molecular complexity index is 301. The number of nitrogens with zero attached hydrogens (tertiary/aromatic N) is 1. The molecule has 0 aromatic carbocycles. The summed E-state index contributed by atoms with van der Waals surface area (Å²) in [4.78, 5) is 24.7. The number of methoxy groups -OCH3 is 1. The van der Waals surface area contributed by atoms with Gasteiger partial charge >= 0.3 is 5.97 Å². The number of ether oxygens (including phenoxy) is 1. The van der Waals surface area contributed by atoms with Gasteiger partial charge in [0.05, 0.1) is 13.7 Å². The van der Waals surface area contributed by atoms with E-state index in [0.29, 0.717) is 18.9 Å². The summed E-state index contributed by atoms with van der Waals surface area (Å²) in [6.07, 6.45) is 2.26. The zero-order valence-electron chi connectivity index (χ0n) is 10.7. The summed E-state index contributed by atoms with van der Waals surface area (Å²) < 4.78 is 4.52. The number of carbonyl (C=O) groups excluding carboxylic acids is 2. The van der Waals surface area contributed by atoms with Gasteiger partial charge in [-0.1, -0.05) is 6.92 Å². The maximum atomic E-state index is 11.8. The van der Waals surface area contributed by atoms with Crippen LogP contribution in [0.2, 0.25) is 0 Å². The van der Waals surface area contributed by atoms with E-state index < -0.39 is 11.6 Å². The third-order valence-corrected chi connectivity index (χ3v) is 3.22. The molecule has 1 amide bonds. The van der Waals surface area contributed by atoms with Gasteiger partial charge in [0.15, 0.2) is 5.60 Å². The molecule has 1 aliphatic rings. The van der Waals surface area contributed by atoms with Crippen LogP contribution in [0.25, 0.3) is 0 Å². The number of β-amino-alcohol motifs (C(OH)–C–C–N with tert-alkyl or cyclic N) is 1. The van der Waals surface area contributed by atoms with Gasteiger partial charge in [0.1, 0.15) is 0 Å². The van der Waals surface area contributed by atoms with Crippen molar-refractivity contribution < 1.29 is 19.4 Å². The normalized spacial score (nSPS) is 25.1. The van der Waals surface area contributed by atoms with Crippen molar-refractivity contribution in [2.24, 2.45) is 5.92 Å². The summed E-state index contributed by atoms with van der Waals surface area (Å²) in [5.74, 6) is -0.201. The standard InChI is InChI=1S/C12H21NO4/c1-9-4-5-10(14)13(7-6-9)8-12(2,16)11(15)17-3/h9,16H,4-8H2,1-3H3. The molecule has 1 saturated heterocycles. The molecule has 1 fully saturated rings. The summed E-state index contributed by atoms with van der Waals surface area (Å²) >= 11 is 0. The molecule has 98 valence electrons. The van der Waals surface area contributed by atoms with Crippen molar-refractivity contribution in [2.75, 3.05) is 20.2 Å². The van der Waals surface area contributed by atoms with Crippen molar-refractivity contribution in [3.05, 3.63) is 0 Å². The van der Waals surface area contributed by atoms with Crippen molar-refractivity contribution in [1.29, 1.82) is 0 Å². The molecule has 0 aromatic heterocycles. The first-order valence-corrected chi connectivity index (χ1v) is 5.95. The second kappa shape index (κ2) is 5.49. The minimum atomic E-state index is -1.63. The number of carbonyl (C=O) groups is 2. The first kappa shape index (κ1) is 14.0. The highest BCUT2D eigenvalue weighted by Crippen LogP contribution is 2.19. The van der Waals surface area contributed by atoms with Gasteiger partial charge in [-0.2, -0.15) is 0 Å². The van der Waals surface area contributed by atoms with Gasteiger partial charge in [0, 0.05) is 13.0 Å². The number of esters is 1. The maximum absolute atomic E-state index is 11.8. The van der Waals surface area contributed by atoms with Crippen LogP contribution in [0.5, 0.6) is 0 Å². The molecule has 1 rings (SSSR count). The van der Waals surface area contributed by atoms with Crippen LogP contribution in [0.3, 0.4) is 0 Å². The van der Waals surface area contributed by atoms with Crippen molar-refractivity contribution in [3.63, 3.8) is 0 Å². The number of aliphatic hydroxyl groups is 1. The molecule has 0 aromatic rings. The van der Waals surface area contributed by atoms with Crippen LogP contribution in [-0.2, 0) is 14.3 Å². The Hall–Kier alpha value is -1.10. The average Bonchev–Trinajstić information content (AvgIpc) is 2.43. The third kappa shape index (κ3) is 3.70. The Balaban J connectivity index is 2.66. The molecule has 5 heteroatoms. The van der Waals surface area contributed by atoms with E-state index in [1.807, 2.05) is 0 Å². The monoisotopic (exact) mass is 243 g/mol. The van der Waals surface area contributed by atoms with E-state index in [2.05, 4.69) is 11.7 Å². The Labute approximate surface area is 102 Å². The highest BCUT2D eigenvalue weighted by atomic mass is 16.5. The molecular weight excluding hydrogens is 222 g/mol. The number of likely N-dealkylation sites (tertiary alicyclic amines) is 1. The minimum absolute atomic E-state index is 0.00136. The summed E-state index contributed by atoms with van der Waals surface area (Å²) in [5.41, 5.74) is -1.63. The van der Waals surface area contributed by atoms with E-state index in [9.17, 15) is 14.7 Å². The lowest BCUT2D eigenvalue weighted by atomic mass is 10.0. The van der Waals surface area contributed by atoms with E-state index in [0.717, 1.165) is 12.8 Å². The zero-order chi connectivity index (χ0) is 13.1. The van der Waals surface area contributed by atoms with Gasteiger partial charge in [-0.3, -0.25) is 4.79 Å². The Morgan fingerprint density at radius 3 is 2.82 bits per heavy atom. The lowest BCUT2D eigenvalue weighted by Crippen LogP contribution is -2.49. The Kier molecular flexibility index (Phi) is 4.51. The molecule has 1 N–H and O–H groups in total. The number of rotatable bonds is 3. The predicted molar refractivity (Wildman–Crippen MR) is 62.2 cm³/mol. The van der Waals surface area contributed by atoms with Gasteiger partial charge in [0.2, 0.25) is 5.91 Å². The highest BCUT2D eigenvalue weighted by molar-refractivity contribution is 5.81. The first-order chi connectivity index (χ1) is 7.86. The molecule has 1 heterocycles. The SMILES string of the molecule is COC(=O)C(C)(O)CN1CCC(C)CCC1=O. The van der Waals surface area contributed by atoms with Gasteiger partial charge < -0.3 is 14.7 Å². The predicted octanol–water partition coefficient (Wildman–Crippen LogP) is 0.559. The molecule has 0 spiro atoms. The molecule has 0 bridgehead atoms. The van der Waals surface area contributed by atoms with Gasteiger partial charge in [-0.25, -0.2) is 4.79 Å². The maximum Gasteiger partial charge on any atom is 0.339 e. The summed E-state index contributed by atoms with van der Waals surface area (Å²) in [6, 6.07) is 0. The van der Waals surface area contributed by atoms with Crippen molar-refractivity contribution in [2.45, 2.75) is 38.7 Å². The Morgan fingerprint density at radius 2 is 2.24 bits per heavy atom. The number of hydrogen-bond donors (Lipinski definition) is 1. The molecule has 0 radical (unpaired) electrons. The smallest absolute Gasteiger partial charge is 0.339 e. The summed E-state index contributed by atoms with van der Waals surface area (Å²) in [5, 5.41) is 9.94.